The van der Waals surface area contributed by atoms with Gasteiger partial charge >= 0.3 is 0 Å². The Morgan fingerprint density at radius 1 is 0.612 bits per heavy atom. The molecule has 252 valence electrons. The number of fused-ring (bicyclic) bond motifs is 2. The predicted octanol–water partition coefficient (Wildman–Crippen LogP) is 5.52. The first-order chi connectivity index (χ1) is 23.5. The van der Waals surface area contributed by atoms with Crippen LogP contribution in [0.3, 0.4) is 0 Å². The van der Waals surface area contributed by atoms with Crippen LogP contribution >= 0.6 is 11.3 Å². The number of imide groups is 2. The topological polar surface area (TPSA) is 159 Å². The summed E-state index contributed by atoms with van der Waals surface area (Å²) in [6.07, 6.45) is 3.26. The number of amides is 6. The van der Waals surface area contributed by atoms with E-state index in [1.54, 1.807) is 84.5 Å². The molecule has 0 spiro atoms. The lowest BCUT2D eigenvalue weighted by atomic mass is 9.98. The zero-order valence-electron chi connectivity index (χ0n) is 27.5. The molecule has 0 radical (unpaired) electrons. The first-order valence-corrected chi connectivity index (χ1v) is 16.7. The van der Waals surface area contributed by atoms with Gasteiger partial charge in [-0.3, -0.25) is 38.6 Å². The minimum Gasteiger partial charge on any atom is -0.311 e. The molecular formula is C36H36N6O6S. The van der Waals surface area contributed by atoms with Gasteiger partial charge in [-0.1, -0.05) is 58.0 Å². The number of rotatable bonds is 10. The summed E-state index contributed by atoms with van der Waals surface area (Å²) in [6, 6.07) is 17.7. The van der Waals surface area contributed by atoms with Crippen LogP contribution in [0.4, 0.5) is 10.9 Å². The lowest BCUT2D eigenvalue weighted by molar-refractivity contribution is -0.118. The molecular weight excluding hydrogens is 644 g/mol. The Labute approximate surface area is 287 Å². The van der Waals surface area contributed by atoms with E-state index in [1.165, 1.54) is 21.1 Å². The maximum absolute atomic E-state index is 12.7. The van der Waals surface area contributed by atoms with Crippen molar-refractivity contribution in [2.45, 2.75) is 52.6 Å². The van der Waals surface area contributed by atoms with Gasteiger partial charge in [-0.25, -0.2) is 9.97 Å². The average molecular weight is 681 g/mol. The first kappa shape index (κ1) is 34.8. The molecule has 2 aliphatic rings. The molecule has 2 aromatic heterocycles. The van der Waals surface area contributed by atoms with Crippen LogP contribution in [0.25, 0.3) is 0 Å². The molecule has 6 rings (SSSR count). The zero-order valence-corrected chi connectivity index (χ0v) is 28.3. The number of aromatic nitrogens is 2. The van der Waals surface area contributed by atoms with Crippen LogP contribution in [-0.4, -0.2) is 67.3 Å². The SMILES string of the molecule is CC(C)C(CC(=O)Nc1ccccn1)N1C(=O)c2ccccc2C1=O.CC(C)C(CC(=O)Nc1nccs1)N1C(=O)c2ccccc2C1=O. The molecule has 12 nitrogen and oxygen atoms in total. The number of carbonyl (C=O) groups excluding carboxylic acids is 6. The van der Waals surface area contributed by atoms with Crippen LogP contribution in [0.2, 0.25) is 0 Å². The molecule has 2 atom stereocenters. The number of hydrogen-bond donors (Lipinski definition) is 2. The van der Waals surface area contributed by atoms with E-state index >= 15 is 0 Å². The lowest BCUT2D eigenvalue weighted by Crippen LogP contribution is -2.44. The van der Waals surface area contributed by atoms with E-state index in [9.17, 15) is 28.8 Å². The lowest BCUT2D eigenvalue weighted by Gasteiger charge is -2.29. The molecule has 49 heavy (non-hydrogen) atoms. The Morgan fingerprint density at radius 3 is 1.41 bits per heavy atom. The maximum Gasteiger partial charge on any atom is 0.261 e. The van der Waals surface area contributed by atoms with Gasteiger partial charge in [0.25, 0.3) is 23.6 Å². The Balaban J connectivity index is 0.000000191. The second-order valence-corrected chi connectivity index (χ2v) is 13.1. The van der Waals surface area contributed by atoms with Gasteiger partial charge < -0.3 is 10.6 Å². The monoisotopic (exact) mass is 680 g/mol. The molecule has 4 heterocycles. The average Bonchev–Trinajstić information content (AvgIpc) is 3.75. The molecule has 2 N–H and O–H groups in total. The Hall–Kier alpha value is -5.56. The molecule has 0 saturated carbocycles. The van der Waals surface area contributed by atoms with Crippen molar-refractivity contribution >= 4 is 57.7 Å². The van der Waals surface area contributed by atoms with Gasteiger partial charge in [0.1, 0.15) is 5.82 Å². The number of benzene rings is 2. The molecule has 2 aliphatic heterocycles. The summed E-state index contributed by atoms with van der Waals surface area (Å²) >= 11 is 1.32. The van der Waals surface area contributed by atoms with Crippen LogP contribution < -0.4 is 10.6 Å². The van der Waals surface area contributed by atoms with Crippen LogP contribution in [-0.2, 0) is 9.59 Å². The van der Waals surface area contributed by atoms with Crippen LogP contribution in [0, 0.1) is 11.8 Å². The van der Waals surface area contributed by atoms with Crippen molar-refractivity contribution in [2.24, 2.45) is 11.8 Å². The summed E-state index contributed by atoms with van der Waals surface area (Å²) in [4.78, 5) is 85.7. The Kier molecular flexibility index (Phi) is 10.7. The number of hydrogen-bond acceptors (Lipinski definition) is 9. The van der Waals surface area contributed by atoms with E-state index in [1.807, 2.05) is 27.7 Å². The van der Waals surface area contributed by atoms with Gasteiger partial charge in [0.15, 0.2) is 5.13 Å². The van der Waals surface area contributed by atoms with E-state index in [0.29, 0.717) is 33.2 Å². The number of nitrogens with one attached hydrogen (secondary N) is 2. The smallest absolute Gasteiger partial charge is 0.261 e. The van der Waals surface area contributed by atoms with Crippen molar-refractivity contribution < 1.29 is 28.8 Å². The first-order valence-electron chi connectivity index (χ1n) is 15.8. The van der Waals surface area contributed by atoms with E-state index in [-0.39, 0.29) is 60.1 Å². The fourth-order valence-electron chi connectivity index (χ4n) is 5.73. The van der Waals surface area contributed by atoms with Gasteiger partial charge in [0.2, 0.25) is 11.8 Å². The Morgan fingerprint density at radius 2 is 1.04 bits per heavy atom. The molecule has 4 aromatic rings. The van der Waals surface area contributed by atoms with Crippen LogP contribution in [0.15, 0.2) is 84.5 Å². The maximum atomic E-state index is 12.7. The molecule has 0 aliphatic carbocycles. The summed E-state index contributed by atoms with van der Waals surface area (Å²) in [5, 5.41) is 7.67. The molecule has 13 heteroatoms. The number of pyridine rings is 1. The van der Waals surface area contributed by atoms with E-state index in [0.717, 1.165) is 0 Å². The number of anilines is 2. The highest BCUT2D eigenvalue weighted by molar-refractivity contribution is 7.13. The van der Waals surface area contributed by atoms with Crippen LogP contribution in [0.1, 0.15) is 82.0 Å². The van der Waals surface area contributed by atoms with Gasteiger partial charge in [0, 0.05) is 30.6 Å². The van der Waals surface area contributed by atoms with Gasteiger partial charge in [0.05, 0.1) is 34.3 Å². The van der Waals surface area contributed by atoms with Crippen molar-refractivity contribution in [1.82, 2.24) is 19.8 Å². The third-order valence-corrected chi connectivity index (χ3v) is 8.94. The molecule has 0 saturated heterocycles. The largest absolute Gasteiger partial charge is 0.311 e. The number of nitrogens with zero attached hydrogens (tertiary/aromatic N) is 4. The zero-order chi connectivity index (χ0) is 35.2. The summed E-state index contributed by atoms with van der Waals surface area (Å²) in [5.41, 5.74) is 1.58. The second kappa shape index (κ2) is 15.1. The van der Waals surface area contributed by atoms with Gasteiger partial charge in [-0.05, 0) is 48.2 Å². The van der Waals surface area contributed by atoms with Crippen molar-refractivity contribution in [3.63, 3.8) is 0 Å². The fourth-order valence-corrected chi connectivity index (χ4v) is 6.28. The van der Waals surface area contributed by atoms with Crippen molar-refractivity contribution in [1.29, 1.82) is 0 Å². The van der Waals surface area contributed by atoms with Crippen molar-refractivity contribution in [3.8, 4) is 0 Å². The van der Waals surface area contributed by atoms with Gasteiger partial charge in [-0.15, -0.1) is 11.3 Å². The highest BCUT2D eigenvalue weighted by Gasteiger charge is 2.42. The summed E-state index contributed by atoms with van der Waals surface area (Å²) in [7, 11) is 0. The van der Waals surface area contributed by atoms with Crippen LogP contribution in [0.5, 0.6) is 0 Å². The summed E-state index contributed by atoms with van der Waals surface area (Å²) < 4.78 is 0. The molecule has 2 unspecified atom stereocenters. The molecule has 0 bridgehead atoms. The predicted molar refractivity (Wildman–Crippen MR) is 184 cm³/mol. The molecule has 6 amide bonds. The Bertz CT molecular complexity index is 1810. The second-order valence-electron chi connectivity index (χ2n) is 12.2. The minimum absolute atomic E-state index is 0.0275. The van der Waals surface area contributed by atoms with Gasteiger partial charge in [-0.2, -0.15) is 0 Å². The summed E-state index contributed by atoms with van der Waals surface area (Å²) in [6.45, 7) is 7.57. The highest BCUT2D eigenvalue weighted by Crippen LogP contribution is 2.30. The summed E-state index contributed by atoms with van der Waals surface area (Å²) in [5.74, 6) is -1.57. The molecule has 0 fully saturated rings. The minimum atomic E-state index is -0.517. The highest BCUT2D eigenvalue weighted by atomic mass is 32.1. The molecule has 2 aromatic carbocycles. The van der Waals surface area contributed by atoms with E-state index in [4.69, 9.17) is 0 Å². The number of carbonyl (C=O) groups is 6. The standard InChI is InChI=1S/C19H19N3O3.C17H17N3O3S/c1-12(2)15(11-17(23)21-16-9-5-6-10-20-16)22-18(24)13-7-3-4-8-14(13)19(22)25;1-10(2)13(9-14(21)19-17-18-7-8-24-17)20-15(22)11-5-3-4-6-12(11)16(20)23/h3-10,12,15H,11H2,1-2H3,(H,20,21,23);3-8,10,13H,9H2,1-2H3,(H,18,19,21). The fraction of sp³-hybridized carbons (Fsp3) is 0.278. The normalized spacial score (nSPS) is 14.7. The number of thiazole rings is 1. The van der Waals surface area contributed by atoms with E-state index < -0.39 is 12.1 Å². The quantitative estimate of drug-likeness (QED) is 0.207. The third kappa shape index (κ3) is 7.62. The third-order valence-electron chi connectivity index (χ3n) is 8.25. The van der Waals surface area contributed by atoms with Crippen molar-refractivity contribution in [3.05, 3.63) is 107 Å². The van der Waals surface area contributed by atoms with E-state index in [2.05, 4.69) is 20.6 Å². The van der Waals surface area contributed by atoms with Crippen molar-refractivity contribution in [2.75, 3.05) is 10.6 Å².